The molecular weight excluding hydrogens is 259 g/mol. The minimum Gasteiger partial charge on any atom is -0.460 e. The molecular formula is C15H17FN2O2. The van der Waals surface area contributed by atoms with E-state index in [2.05, 4.69) is 10.2 Å². The van der Waals surface area contributed by atoms with E-state index < -0.39 is 17.4 Å². The van der Waals surface area contributed by atoms with E-state index in [1.54, 1.807) is 51.2 Å². The maximum Gasteiger partial charge on any atom is 0.310 e. The SMILES string of the molecule is CC(C)(C)OC(=O)Cc1cccc(-c2ccn[nH]2)c1F. The molecule has 0 unspecified atom stereocenters. The largest absolute Gasteiger partial charge is 0.460 e. The van der Waals surface area contributed by atoms with Crippen LogP contribution in [0.15, 0.2) is 30.5 Å². The Bertz CT molecular complexity index is 601. The first kappa shape index (κ1) is 14.2. The van der Waals surface area contributed by atoms with Gasteiger partial charge in [0.1, 0.15) is 11.4 Å². The highest BCUT2D eigenvalue weighted by Crippen LogP contribution is 2.23. The third-order valence-electron chi connectivity index (χ3n) is 2.62. The number of nitrogens with one attached hydrogen (secondary N) is 1. The number of esters is 1. The van der Waals surface area contributed by atoms with Crippen molar-refractivity contribution in [1.82, 2.24) is 10.2 Å². The summed E-state index contributed by atoms with van der Waals surface area (Å²) in [6, 6.07) is 6.61. The molecule has 4 nitrogen and oxygen atoms in total. The van der Waals surface area contributed by atoms with Crippen LogP contribution in [0, 0.1) is 5.82 Å². The van der Waals surface area contributed by atoms with E-state index in [-0.39, 0.29) is 6.42 Å². The number of carbonyl (C=O) groups excluding carboxylic acids is 1. The van der Waals surface area contributed by atoms with Gasteiger partial charge in [0.05, 0.1) is 12.1 Å². The summed E-state index contributed by atoms with van der Waals surface area (Å²) in [5.41, 5.74) is 0.706. The zero-order valence-corrected chi connectivity index (χ0v) is 11.7. The molecule has 106 valence electrons. The molecule has 0 fully saturated rings. The Labute approximate surface area is 117 Å². The first-order chi connectivity index (χ1) is 9.37. The molecule has 1 aromatic heterocycles. The second-order valence-electron chi connectivity index (χ2n) is 5.51. The molecule has 0 saturated heterocycles. The molecule has 0 aliphatic carbocycles. The van der Waals surface area contributed by atoms with Crippen LogP contribution in [-0.2, 0) is 16.0 Å². The first-order valence-corrected chi connectivity index (χ1v) is 6.36. The van der Waals surface area contributed by atoms with Gasteiger partial charge in [0.2, 0.25) is 0 Å². The van der Waals surface area contributed by atoms with Crippen LogP contribution in [0.2, 0.25) is 0 Å². The van der Waals surface area contributed by atoms with Crippen molar-refractivity contribution in [2.24, 2.45) is 0 Å². The fourth-order valence-corrected chi connectivity index (χ4v) is 1.86. The maximum absolute atomic E-state index is 14.4. The zero-order valence-electron chi connectivity index (χ0n) is 11.7. The van der Waals surface area contributed by atoms with Crippen LogP contribution in [0.1, 0.15) is 26.3 Å². The summed E-state index contributed by atoms with van der Waals surface area (Å²) in [4.78, 5) is 11.8. The number of aromatic amines is 1. The molecule has 5 heteroatoms. The molecule has 1 heterocycles. The highest BCUT2D eigenvalue weighted by Gasteiger charge is 2.19. The van der Waals surface area contributed by atoms with E-state index in [9.17, 15) is 9.18 Å². The van der Waals surface area contributed by atoms with Crippen molar-refractivity contribution < 1.29 is 13.9 Å². The number of ether oxygens (including phenoxy) is 1. The summed E-state index contributed by atoms with van der Waals surface area (Å²) >= 11 is 0. The van der Waals surface area contributed by atoms with Gasteiger partial charge in [-0.3, -0.25) is 9.89 Å². The molecule has 0 aliphatic rings. The molecule has 20 heavy (non-hydrogen) atoms. The fourth-order valence-electron chi connectivity index (χ4n) is 1.86. The van der Waals surface area contributed by atoms with E-state index in [0.717, 1.165) is 0 Å². The summed E-state index contributed by atoms with van der Waals surface area (Å²) in [6.45, 7) is 5.34. The Morgan fingerprint density at radius 2 is 2.10 bits per heavy atom. The van der Waals surface area contributed by atoms with Crippen molar-refractivity contribution in [3.8, 4) is 11.3 Å². The number of hydrogen-bond donors (Lipinski definition) is 1. The van der Waals surface area contributed by atoms with E-state index in [1.165, 1.54) is 0 Å². The normalized spacial score (nSPS) is 11.4. The zero-order chi connectivity index (χ0) is 14.8. The van der Waals surface area contributed by atoms with Crippen LogP contribution in [0.4, 0.5) is 4.39 Å². The summed E-state index contributed by atoms with van der Waals surface area (Å²) < 4.78 is 19.6. The number of aromatic nitrogens is 2. The summed E-state index contributed by atoms with van der Waals surface area (Å²) in [5.74, 6) is -0.874. The van der Waals surface area contributed by atoms with Gasteiger partial charge < -0.3 is 4.74 Å². The monoisotopic (exact) mass is 276 g/mol. The molecule has 0 spiro atoms. The summed E-state index contributed by atoms with van der Waals surface area (Å²) in [6.07, 6.45) is 1.46. The maximum atomic E-state index is 14.4. The Balaban J connectivity index is 2.22. The molecule has 2 rings (SSSR count). The predicted octanol–water partition coefficient (Wildman–Crippen LogP) is 3.10. The van der Waals surface area contributed by atoms with Crippen molar-refractivity contribution in [1.29, 1.82) is 0 Å². The van der Waals surface area contributed by atoms with Crippen LogP contribution < -0.4 is 0 Å². The van der Waals surface area contributed by atoms with E-state index in [1.807, 2.05) is 0 Å². The van der Waals surface area contributed by atoms with Gasteiger partial charge in [-0.25, -0.2) is 4.39 Å². The van der Waals surface area contributed by atoms with Gasteiger partial charge in [0.25, 0.3) is 0 Å². The van der Waals surface area contributed by atoms with Gasteiger partial charge in [-0.1, -0.05) is 12.1 Å². The highest BCUT2D eigenvalue weighted by atomic mass is 19.1. The van der Waals surface area contributed by atoms with E-state index >= 15 is 0 Å². The Hall–Kier alpha value is -2.17. The lowest BCUT2D eigenvalue weighted by atomic mass is 10.0. The average molecular weight is 276 g/mol. The molecule has 0 saturated carbocycles. The predicted molar refractivity (Wildman–Crippen MR) is 73.5 cm³/mol. The molecule has 1 aromatic carbocycles. The molecule has 0 atom stereocenters. The van der Waals surface area contributed by atoms with Gasteiger partial charge in [-0.05, 0) is 38.5 Å². The minimum atomic E-state index is -0.575. The minimum absolute atomic E-state index is 0.0922. The third-order valence-corrected chi connectivity index (χ3v) is 2.62. The van der Waals surface area contributed by atoms with Gasteiger partial charge in [-0.15, -0.1) is 0 Å². The van der Waals surface area contributed by atoms with Crippen LogP contribution in [0.25, 0.3) is 11.3 Å². The second-order valence-corrected chi connectivity index (χ2v) is 5.51. The quantitative estimate of drug-likeness (QED) is 0.876. The van der Waals surface area contributed by atoms with Gasteiger partial charge in [-0.2, -0.15) is 5.10 Å². The lowest BCUT2D eigenvalue weighted by Gasteiger charge is -2.19. The first-order valence-electron chi connectivity index (χ1n) is 6.36. The second kappa shape index (κ2) is 5.45. The standard InChI is InChI=1S/C15H17FN2O2/c1-15(2,3)20-13(19)9-10-5-4-6-11(14(10)16)12-7-8-17-18-12/h4-8H,9H2,1-3H3,(H,17,18). The molecule has 0 aliphatic heterocycles. The number of halogens is 1. The lowest BCUT2D eigenvalue weighted by molar-refractivity contribution is -0.153. The fraction of sp³-hybridized carbons (Fsp3) is 0.333. The van der Waals surface area contributed by atoms with Gasteiger partial charge in [0, 0.05) is 11.8 Å². The Morgan fingerprint density at radius 1 is 1.35 bits per heavy atom. The Morgan fingerprint density at radius 3 is 2.70 bits per heavy atom. The van der Waals surface area contributed by atoms with Crippen molar-refractivity contribution >= 4 is 5.97 Å². The van der Waals surface area contributed by atoms with Crippen LogP contribution >= 0.6 is 0 Å². The van der Waals surface area contributed by atoms with Crippen LogP contribution in [-0.4, -0.2) is 21.8 Å². The number of benzene rings is 1. The van der Waals surface area contributed by atoms with E-state index in [4.69, 9.17) is 4.74 Å². The third kappa shape index (κ3) is 3.44. The van der Waals surface area contributed by atoms with Crippen molar-refractivity contribution in [3.63, 3.8) is 0 Å². The smallest absolute Gasteiger partial charge is 0.310 e. The average Bonchev–Trinajstić information content (AvgIpc) is 2.83. The van der Waals surface area contributed by atoms with Gasteiger partial charge >= 0.3 is 5.97 Å². The lowest BCUT2D eigenvalue weighted by Crippen LogP contribution is -2.25. The molecule has 2 aromatic rings. The van der Waals surface area contributed by atoms with Crippen molar-refractivity contribution in [2.75, 3.05) is 0 Å². The Kier molecular flexibility index (Phi) is 3.88. The summed E-state index contributed by atoms with van der Waals surface area (Å²) in [7, 11) is 0. The van der Waals surface area contributed by atoms with Crippen LogP contribution in [0.5, 0.6) is 0 Å². The number of nitrogens with zero attached hydrogens (tertiary/aromatic N) is 1. The topological polar surface area (TPSA) is 55.0 Å². The van der Waals surface area contributed by atoms with Crippen LogP contribution in [0.3, 0.4) is 0 Å². The summed E-state index contributed by atoms with van der Waals surface area (Å²) in [5, 5.41) is 6.50. The van der Waals surface area contributed by atoms with Gasteiger partial charge in [0.15, 0.2) is 0 Å². The number of carbonyl (C=O) groups is 1. The molecule has 0 radical (unpaired) electrons. The van der Waals surface area contributed by atoms with Crippen molar-refractivity contribution in [3.05, 3.63) is 41.8 Å². The molecule has 1 N–H and O–H groups in total. The number of hydrogen-bond acceptors (Lipinski definition) is 3. The van der Waals surface area contributed by atoms with Crippen molar-refractivity contribution in [2.45, 2.75) is 32.8 Å². The number of rotatable bonds is 3. The molecule has 0 amide bonds. The number of H-pyrrole nitrogens is 1. The molecule has 0 bridgehead atoms. The highest BCUT2D eigenvalue weighted by molar-refractivity contribution is 5.74. The van der Waals surface area contributed by atoms with E-state index in [0.29, 0.717) is 16.8 Å².